The molecule has 1 unspecified atom stereocenters. The van der Waals surface area contributed by atoms with E-state index in [1.54, 1.807) is 6.92 Å². The molecule has 0 aliphatic carbocycles. The number of hydrogen-bond donors (Lipinski definition) is 3. The SMILES string of the molecule is CCC(C(=O)OC)c1ccc(O)c(N)c1O. The van der Waals surface area contributed by atoms with Crippen LogP contribution in [0.1, 0.15) is 24.8 Å². The second-order valence-corrected chi connectivity index (χ2v) is 3.42. The van der Waals surface area contributed by atoms with Crippen molar-refractivity contribution in [3.8, 4) is 11.5 Å². The molecular formula is C11H15NO4. The predicted molar refractivity (Wildman–Crippen MR) is 59.2 cm³/mol. The standard InChI is InChI=1S/C11H15NO4/c1-3-6(11(15)16-2)7-4-5-8(13)9(12)10(7)14/h4-6,13-14H,3,12H2,1-2H3. The Labute approximate surface area is 93.5 Å². The third-order valence-electron chi connectivity index (χ3n) is 2.49. The number of rotatable bonds is 3. The smallest absolute Gasteiger partial charge is 0.313 e. The molecule has 0 aliphatic rings. The van der Waals surface area contributed by atoms with Crippen LogP contribution in [0.15, 0.2) is 12.1 Å². The number of ether oxygens (including phenoxy) is 1. The minimum atomic E-state index is -0.576. The lowest BCUT2D eigenvalue weighted by molar-refractivity contribution is -0.142. The van der Waals surface area contributed by atoms with Gasteiger partial charge in [-0.1, -0.05) is 13.0 Å². The molecule has 0 aromatic heterocycles. The molecule has 0 saturated heterocycles. The first-order valence-corrected chi connectivity index (χ1v) is 4.91. The van der Waals surface area contributed by atoms with Crippen molar-refractivity contribution >= 4 is 11.7 Å². The van der Waals surface area contributed by atoms with Gasteiger partial charge < -0.3 is 20.7 Å². The van der Waals surface area contributed by atoms with Crippen molar-refractivity contribution in [2.75, 3.05) is 12.8 Å². The van der Waals surface area contributed by atoms with E-state index < -0.39 is 11.9 Å². The summed E-state index contributed by atoms with van der Waals surface area (Å²) in [5, 5.41) is 19.0. The van der Waals surface area contributed by atoms with Gasteiger partial charge in [0.15, 0.2) is 0 Å². The molecule has 0 amide bonds. The van der Waals surface area contributed by atoms with E-state index in [9.17, 15) is 15.0 Å². The zero-order valence-electron chi connectivity index (χ0n) is 9.23. The highest BCUT2D eigenvalue weighted by atomic mass is 16.5. The molecule has 1 aromatic rings. The lowest BCUT2D eigenvalue weighted by Gasteiger charge is -2.15. The minimum Gasteiger partial charge on any atom is -0.506 e. The van der Waals surface area contributed by atoms with Gasteiger partial charge in [0.25, 0.3) is 0 Å². The topological polar surface area (TPSA) is 92.8 Å². The molecule has 1 rings (SSSR count). The van der Waals surface area contributed by atoms with Crippen LogP contribution < -0.4 is 5.73 Å². The number of phenolic OH excluding ortho intramolecular Hbond substituents is 2. The van der Waals surface area contributed by atoms with E-state index in [4.69, 9.17) is 5.73 Å². The van der Waals surface area contributed by atoms with Crippen LogP contribution in [-0.4, -0.2) is 23.3 Å². The van der Waals surface area contributed by atoms with Crippen molar-refractivity contribution in [3.63, 3.8) is 0 Å². The van der Waals surface area contributed by atoms with Crippen LogP contribution in [-0.2, 0) is 9.53 Å². The van der Waals surface area contributed by atoms with Crippen LogP contribution in [0.2, 0.25) is 0 Å². The van der Waals surface area contributed by atoms with Gasteiger partial charge in [-0.15, -0.1) is 0 Å². The molecule has 0 radical (unpaired) electrons. The number of benzene rings is 1. The number of carbonyl (C=O) groups is 1. The third-order valence-corrected chi connectivity index (χ3v) is 2.49. The Hall–Kier alpha value is -1.91. The largest absolute Gasteiger partial charge is 0.506 e. The van der Waals surface area contributed by atoms with Crippen molar-refractivity contribution in [1.29, 1.82) is 0 Å². The Bertz CT molecular complexity index is 403. The number of aromatic hydroxyl groups is 2. The molecular weight excluding hydrogens is 210 g/mol. The summed E-state index contributed by atoms with van der Waals surface area (Å²) < 4.78 is 4.63. The van der Waals surface area contributed by atoms with Gasteiger partial charge in [-0.3, -0.25) is 4.79 Å². The molecule has 4 N–H and O–H groups in total. The quantitative estimate of drug-likeness (QED) is 0.410. The lowest BCUT2D eigenvalue weighted by atomic mass is 9.95. The van der Waals surface area contributed by atoms with E-state index in [2.05, 4.69) is 4.74 Å². The molecule has 1 atom stereocenters. The van der Waals surface area contributed by atoms with Crippen molar-refractivity contribution < 1.29 is 19.7 Å². The summed E-state index contributed by atoms with van der Waals surface area (Å²) in [4.78, 5) is 11.5. The average Bonchev–Trinajstić information content (AvgIpc) is 2.29. The fourth-order valence-corrected chi connectivity index (χ4v) is 1.55. The molecule has 0 saturated carbocycles. The van der Waals surface area contributed by atoms with Gasteiger partial charge in [-0.25, -0.2) is 0 Å². The highest BCUT2D eigenvalue weighted by Crippen LogP contribution is 2.38. The maximum absolute atomic E-state index is 11.5. The van der Waals surface area contributed by atoms with Crippen molar-refractivity contribution in [3.05, 3.63) is 17.7 Å². The van der Waals surface area contributed by atoms with Crippen LogP contribution >= 0.6 is 0 Å². The van der Waals surface area contributed by atoms with E-state index >= 15 is 0 Å². The number of nitrogen functional groups attached to an aromatic ring is 1. The van der Waals surface area contributed by atoms with E-state index in [-0.39, 0.29) is 17.2 Å². The van der Waals surface area contributed by atoms with Gasteiger partial charge >= 0.3 is 5.97 Å². The molecule has 0 bridgehead atoms. The number of carbonyl (C=O) groups excluding carboxylic acids is 1. The highest BCUT2D eigenvalue weighted by molar-refractivity contribution is 5.81. The molecule has 0 heterocycles. The number of esters is 1. The summed E-state index contributed by atoms with van der Waals surface area (Å²) >= 11 is 0. The Morgan fingerprint density at radius 2 is 2.12 bits per heavy atom. The van der Waals surface area contributed by atoms with Crippen LogP contribution in [0.3, 0.4) is 0 Å². The molecule has 16 heavy (non-hydrogen) atoms. The summed E-state index contributed by atoms with van der Waals surface area (Å²) in [6.07, 6.45) is 0.477. The van der Waals surface area contributed by atoms with Crippen molar-refractivity contribution in [2.45, 2.75) is 19.3 Å². The van der Waals surface area contributed by atoms with Gasteiger partial charge in [0, 0.05) is 5.56 Å². The fourth-order valence-electron chi connectivity index (χ4n) is 1.55. The maximum atomic E-state index is 11.5. The lowest BCUT2D eigenvalue weighted by Crippen LogP contribution is -2.13. The van der Waals surface area contributed by atoms with Crippen molar-refractivity contribution in [1.82, 2.24) is 0 Å². The second kappa shape index (κ2) is 4.74. The average molecular weight is 225 g/mol. The molecule has 0 aliphatic heterocycles. The zero-order chi connectivity index (χ0) is 12.3. The maximum Gasteiger partial charge on any atom is 0.313 e. The molecule has 0 spiro atoms. The van der Waals surface area contributed by atoms with Crippen molar-refractivity contribution in [2.24, 2.45) is 0 Å². The van der Waals surface area contributed by atoms with Gasteiger partial charge in [-0.2, -0.15) is 0 Å². The number of hydrogen-bond acceptors (Lipinski definition) is 5. The summed E-state index contributed by atoms with van der Waals surface area (Å²) in [7, 11) is 1.28. The summed E-state index contributed by atoms with van der Waals surface area (Å²) in [5.74, 6) is -1.49. The zero-order valence-corrected chi connectivity index (χ0v) is 9.23. The van der Waals surface area contributed by atoms with E-state index in [0.29, 0.717) is 12.0 Å². The van der Waals surface area contributed by atoms with Gasteiger partial charge in [0.05, 0.1) is 13.0 Å². The van der Waals surface area contributed by atoms with Crippen LogP contribution in [0.25, 0.3) is 0 Å². The van der Waals surface area contributed by atoms with Gasteiger partial charge in [0.2, 0.25) is 0 Å². The number of methoxy groups -OCH3 is 1. The fraction of sp³-hybridized carbons (Fsp3) is 0.364. The van der Waals surface area contributed by atoms with Crippen LogP contribution in [0.4, 0.5) is 5.69 Å². The Balaban J connectivity index is 3.21. The number of anilines is 1. The molecule has 5 heteroatoms. The first-order valence-electron chi connectivity index (χ1n) is 4.91. The Kier molecular flexibility index (Phi) is 3.60. The highest BCUT2D eigenvalue weighted by Gasteiger charge is 2.24. The summed E-state index contributed by atoms with van der Waals surface area (Å²) in [5.41, 5.74) is 5.70. The molecule has 88 valence electrons. The number of phenols is 2. The first kappa shape index (κ1) is 12.2. The van der Waals surface area contributed by atoms with E-state index in [0.717, 1.165) is 0 Å². The van der Waals surface area contributed by atoms with Gasteiger partial charge in [-0.05, 0) is 12.5 Å². The Morgan fingerprint density at radius 3 is 2.62 bits per heavy atom. The van der Waals surface area contributed by atoms with E-state index in [1.807, 2.05) is 0 Å². The summed E-state index contributed by atoms with van der Waals surface area (Å²) in [6, 6.07) is 2.81. The first-order chi connectivity index (χ1) is 7.52. The normalized spacial score (nSPS) is 12.1. The molecule has 5 nitrogen and oxygen atoms in total. The van der Waals surface area contributed by atoms with Crippen LogP contribution in [0, 0.1) is 0 Å². The van der Waals surface area contributed by atoms with Gasteiger partial charge in [0.1, 0.15) is 17.2 Å². The molecule has 1 aromatic carbocycles. The third kappa shape index (κ3) is 2.03. The monoisotopic (exact) mass is 225 g/mol. The van der Waals surface area contributed by atoms with E-state index in [1.165, 1.54) is 19.2 Å². The molecule has 0 fully saturated rings. The minimum absolute atomic E-state index is 0.125. The predicted octanol–water partition coefficient (Wildman–Crippen LogP) is 1.35. The summed E-state index contributed by atoms with van der Waals surface area (Å²) in [6.45, 7) is 1.80. The van der Waals surface area contributed by atoms with Crippen LogP contribution in [0.5, 0.6) is 11.5 Å². The second-order valence-electron chi connectivity index (χ2n) is 3.42. The number of nitrogens with two attached hydrogens (primary N) is 1. The Morgan fingerprint density at radius 1 is 1.50 bits per heavy atom.